The Bertz CT molecular complexity index is 1980. The van der Waals surface area contributed by atoms with Gasteiger partial charge < -0.3 is 49.4 Å². The van der Waals surface area contributed by atoms with Gasteiger partial charge in [0.1, 0.15) is 35.6 Å². The van der Waals surface area contributed by atoms with Crippen molar-refractivity contribution in [1.29, 1.82) is 0 Å². The van der Waals surface area contributed by atoms with Crippen molar-refractivity contribution in [1.82, 2.24) is 5.32 Å². The van der Waals surface area contributed by atoms with Crippen molar-refractivity contribution < 1.29 is 68.1 Å². The summed E-state index contributed by atoms with van der Waals surface area (Å²) in [5.41, 5.74) is -8.14. The maximum Gasteiger partial charge on any atom is 0.408 e. The molecule has 15 nitrogen and oxygen atoms in total. The van der Waals surface area contributed by atoms with Gasteiger partial charge in [-0.1, -0.05) is 62.4 Å². The Labute approximate surface area is 336 Å². The minimum atomic E-state index is -2.35. The molecular formula is C43H53NO14. The van der Waals surface area contributed by atoms with Crippen LogP contribution in [-0.4, -0.2) is 110 Å². The average molecular weight is 808 g/mol. The van der Waals surface area contributed by atoms with Gasteiger partial charge in [-0.3, -0.25) is 9.59 Å². The molecule has 2 bridgehead atoms. The van der Waals surface area contributed by atoms with E-state index in [0.717, 1.165) is 6.92 Å². The largest absolute Gasteiger partial charge is 0.456 e. The molecule has 2 saturated carbocycles. The van der Waals surface area contributed by atoms with Crippen LogP contribution in [0.3, 0.4) is 0 Å². The molecule has 1 heterocycles. The number of carbonyl (C=O) groups is 5. The first kappa shape index (κ1) is 42.9. The van der Waals surface area contributed by atoms with E-state index >= 15 is 0 Å². The number of alkyl carbamates (subject to hydrolysis) is 1. The molecule has 1 aliphatic heterocycles. The highest BCUT2D eigenvalue weighted by atomic mass is 16.6. The molecule has 0 aromatic heterocycles. The first-order chi connectivity index (χ1) is 27.0. The normalized spacial score (nSPS) is 33.7. The zero-order valence-electron chi connectivity index (χ0n) is 33.9. The van der Waals surface area contributed by atoms with E-state index < -0.39 is 112 Å². The first-order valence-electron chi connectivity index (χ1n) is 19.3. The summed E-state index contributed by atoms with van der Waals surface area (Å²) in [5, 5.41) is 51.6. The highest BCUT2D eigenvalue weighted by Crippen LogP contribution is 2.64. The van der Waals surface area contributed by atoms with Crippen LogP contribution in [0.2, 0.25) is 0 Å². The summed E-state index contributed by atoms with van der Waals surface area (Å²) < 4.78 is 29.5. The minimum Gasteiger partial charge on any atom is -0.456 e. The Balaban J connectivity index is 1.49. The van der Waals surface area contributed by atoms with Crippen molar-refractivity contribution in [2.45, 2.75) is 128 Å². The highest BCUT2D eigenvalue weighted by Gasteiger charge is 2.78. The fourth-order valence-electron chi connectivity index (χ4n) is 9.56. The molecule has 58 heavy (non-hydrogen) atoms. The van der Waals surface area contributed by atoms with Gasteiger partial charge in [0.15, 0.2) is 17.5 Å². The van der Waals surface area contributed by atoms with Crippen LogP contribution in [0.4, 0.5) is 4.79 Å². The molecule has 2 aromatic rings. The Hall–Kier alpha value is -4.67. The van der Waals surface area contributed by atoms with Gasteiger partial charge in [-0.05, 0) is 63.5 Å². The molecule has 11 atom stereocenters. The number of amides is 1. The molecule has 0 spiro atoms. The lowest BCUT2D eigenvalue weighted by molar-refractivity contribution is -0.346. The zero-order chi connectivity index (χ0) is 42.7. The number of ether oxygens (including phenoxy) is 5. The molecule has 314 valence electrons. The van der Waals surface area contributed by atoms with E-state index in [2.05, 4.69) is 5.32 Å². The van der Waals surface area contributed by atoms with Crippen molar-refractivity contribution in [3.05, 3.63) is 82.9 Å². The first-order valence-corrected chi connectivity index (χ1v) is 19.3. The maximum absolute atomic E-state index is 14.9. The van der Waals surface area contributed by atoms with E-state index in [1.165, 1.54) is 26.0 Å². The lowest BCUT2D eigenvalue weighted by atomic mass is 9.44. The number of aliphatic hydroxyl groups excluding tert-OH is 3. The van der Waals surface area contributed by atoms with Gasteiger partial charge in [0.2, 0.25) is 0 Å². The predicted molar refractivity (Wildman–Crippen MR) is 204 cm³/mol. The number of fused-ring (bicyclic) bond motifs is 5. The quantitative estimate of drug-likeness (QED) is 0.147. The number of hydrogen-bond acceptors (Lipinski definition) is 14. The second-order valence-corrected chi connectivity index (χ2v) is 17.6. The van der Waals surface area contributed by atoms with E-state index in [-0.39, 0.29) is 29.7 Å². The van der Waals surface area contributed by atoms with Crippen molar-refractivity contribution in [3.63, 3.8) is 0 Å². The molecule has 3 unspecified atom stereocenters. The van der Waals surface area contributed by atoms with Crippen LogP contribution in [-0.2, 0) is 38.1 Å². The lowest BCUT2D eigenvalue weighted by Crippen LogP contribution is -2.81. The van der Waals surface area contributed by atoms with Gasteiger partial charge in [-0.15, -0.1) is 0 Å². The number of rotatable bonds is 8. The summed E-state index contributed by atoms with van der Waals surface area (Å²) in [6.45, 7) is 11.8. The molecule has 5 N–H and O–H groups in total. The van der Waals surface area contributed by atoms with Gasteiger partial charge in [-0.2, -0.15) is 0 Å². The standard InChI is InChI=1S/C43H53NO14/c1-22-26(55-37(51)32(48)30(24-15-11-9-12-16-24)44-38(52)58-39(3,4)5)20-43(53)35(56-36(50)25-17-13-10-14-18-25)33-41(8,34(49)31(47)29(22)40(43,6)7)27(46)19-28-42(33,21-54-28)57-23(2)45/h9-18,26-28,30-33,35,46-48,53H,19-21H2,1-8H3,(H,44,52)/t26-,27-,28+,30?,31+,32+,33?,35-,41+,42?,43+/m0/s1. The molecule has 1 saturated heterocycles. The molecular weight excluding hydrogens is 754 g/mol. The Morgan fingerprint density at radius 3 is 2.10 bits per heavy atom. The van der Waals surface area contributed by atoms with Gasteiger partial charge in [0.05, 0.1) is 35.6 Å². The summed E-state index contributed by atoms with van der Waals surface area (Å²) in [5.74, 6) is -5.36. The fraction of sp³-hybridized carbons (Fsp3) is 0.558. The molecule has 0 radical (unpaired) electrons. The second-order valence-electron chi connectivity index (χ2n) is 17.6. The molecule has 3 aliphatic carbocycles. The number of nitrogens with one attached hydrogen (secondary N) is 1. The van der Waals surface area contributed by atoms with Crippen LogP contribution in [0.5, 0.6) is 0 Å². The fourth-order valence-corrected chi connectivity index (χ4v) is 9.56. The van der Waals surface area contributed by atoms with Crippen LogP contribution in [0.1, 0.15) is 90.2 Å². The number of esters is 3. The highest BCUT2D eigenvalue weighted by molar-refractivity contribution is 5.94. The predicted octanol–water partition coefficient (Wildman–Crippen LogP) is 3.26. The Morgan fingerprint density at radius 1 is 0.948 bits per heavy atom. The average Bonchev–Trinajstić information content (AvgIpc) is 3.14. The van der Waals surface area contributed by atoms with Crippen LogP contribution in [0.15, 0.2) is 71.8 Å². The number of Topliss-reactive ketones (excluding diaryl/α,β-unsaturated/α-hetero) is 1. The van der Waals surface area contributed by atoms with Crippen LogP contribution in [0, 0.1) is 16.7 Å². The van der Waals surface area contributed by atoms with Crippen molar-refractivity contribution in [2.75, 3.05) is 6.61 Å². The Kier molecular flexibility index (Phi) is 11.2. The molecule has 3 fully saturated rings. The lowest BCUT2D eigenvalue weighted by Gasteiger charge is -2.67. The summed E-state index contributed by atoms with van der Waals surface area (Å²) in [4.78, 5) is 68.9. The molecule has 6 rings (SSSR count). The van der Waals surface area contributed by atoms with Crippen molar-refractivity contribution in [3.8, 4) is 0 Å². The van der Waals surface area contributed by atoms with Gasteiger partial charge in [0, 0.05) is 25.2 Å². The number of carbonyl (C=O) groups excluding carboxylic acids is 5. The minimum absolute atomic E-state index is 0.0637. The van der Waals surface area contributed by atoms with E-state index in [9.17, 15) is 44.4 Å². The number of aliphatic hydroxyl groups is 4. The molecule has 1 amide bonds. The van der Waals surface area contributed by atoms with E-state index in [1.807, 2.05) is 0 Å². The number of hydrogen-bond donors (Lipinski definition) is 5. The molecule has 15 heteroatoms. The van der Waals surface area contributed by atoms with Gasteiger partial charge in [-0.25, -0.2) is 14.4 Å². The summed E-state index contributed by atoms with van der Waals surface area (Å²) in [6, 6.07) is 14.6. The van der Waals surface area contributed by atoms with E-state index in [4.69, 9.17) is 23.7 Å². The smallest absolute Gasteiger partial charge is 0.408 e. The summed E-state index contributed by atoms with van der Waals surface area (Å²) in [6.07, 6.45) is -11.5. The second kappa shape index (κ2) is 15.2. The van der Waals surface area contributed by atoms with Crippen molar-refractivity contribution in [2.24, 2.45) is 16.7 Å². The van der Waals surface area contributed by atoms with Crippen molar-refractivity contribution >= 4 is 29.8 Å². The van der Waals surface area contributed by atoms with E-state index in [0.29, 0.717) is 5.56 Å². The zero-order valence-corrected chi connectivity index (χ0v) is 33.9. The van der Waals surface area contributed by atoms with Crippen LogP contribution in [0.25, 0.3) is 0 Å². The van der Waals surface area contributed by atoms with Gasteiger partial charge >= 0.3 is 24.0 Å². The third kappa shape index (κ3) is 7.10. The monoisotopic (exact) mass is 807 g/mol. The van der Waals surface area contributed by atoms with Gasteiger partial charge in [0.25, 0.3) is 0 Å². The molecule has 4 aliphatic rings. The van der Waals surface area contributed by atoms with Crippen LogP contribution < -0.4 is 5.32 Å². The summed E-state index contributed by atoms with van der Waals surface area (Å²) in [7, 11) is 0. The van der Waals surface area contributed by atoms with E-state index in [1.54, 1.807) is 83.1 Å². The Morgan fingerprint density at radius 2 is 1.55 bits per heavy atom. The third-order valence-electron chi connectivity index (χ3n) is 12.6. The SMILES string of the molecule is CC(=O)OC12CO[C@@H]1C[C@H](O)[C@@]1(C)C(=O)[C@H](O)C3=C(C)[C@@H](OC(=O)[C@H](O)C(NC(=O)OC(C)(C)C)c4ccccc4)C[C@@](O)([C@@H](OC(=O)c4ccccc4)C21)C3(C)C. The maximum atomic E-state index is 14.9. The third-order valence-corrected chi connectivity index (χ3v) is 12.6. The summed E-state index contributed by atoms with van der Waals surface area (Å²) >= 11 is 0. The topological polar surface area (TPSA) is 224 Å². The number of ketones is 1. The van der Waals surface area contributed by atoms with Crippen LogP contribution >= 0.6 is 0 Å². The molecule has 2 aromatic carbocycles. The number of benzene rings is 2.